The molecule has 0 aliphatic heterocycles. The number of carboxylic acid groups (broad SMARTS) is 1. The zero-order valence-corrected chi connectivity index (χ0v) is 23.3. The zero-order valence-electron chi connectivity index (χ0n) is 22.5. The van der Waals surface area contributed by atoms with Crippen molar-refractivity contribution in [1.82, 2.24) is 10.2 Å². The lowest BCUT2D eigenvalue weighted by atomic mass is 9.69. The second kappa shape index (κ2) is 13.3. The minimum absolute atomic E-state index is 0.0106. The fraction of sp³-hybridized carbons (Fsp3) is 0.414. The largest absolute Gasteiger partial charge is 0.481 e. The van der Waals surface area contributed by atoms with Gasteiger partial charge in [-0.25, -0.2) is 4.79 Å². The van der Waals surface area contributed by atoms with E-state index in [0.717, 1.165) is 24.8 Å². The van der Waals surface area contributed by atoms with E-state index in [4.69, 9.17) is 5.11 Å². The molecule has 0 radical (unpaired) electrons. The van der Waals surface area contributed by atoms with Gasteiger partial charge in [-0.15, -0.1) is 0 Å². The van der Waals surface area contributed by atoms with E-state index >= 15 is 0 Å². The number of carboxylic acids is 1. The highest BCUT2D eigenvalue weighted by Gasteiger charge is 2.33. The Kier molecular flexibility index (Phi) is 10.3. The number of hydrogen-bond donors (Lipinski definition) is 3. The zero-order chi connectivity index (χ0) is 29.5. The lowest BCUT2D eigenvalue weighted by molar-refractivity contribution is -0.136. The van der Waals surface area contributed by atoms with E-state index in [0.29, 0.717) is 12.1 Å². The van der Waals surface area contributed by atoms with Gasteiger partial charge in [-0.05, 0) is 78.3 Å². The average Bonchev–Trinajstić information content (AvgIpc) is 2.85. The topological polar surface area (TPSA) is 98.7 Å². The Labute approximate surface area is 236 Å². The van der Waals surface area contributed by atoms with Crippen molar-refractivity contribution in [2.24, 2.45) is 11.3 Å². The van der Waals surface area contributed by atoms with Crippen LogP contribution in [0.3, 0.4) is 0 Å². The number of hydrogen-bond acceptors (Lipinski definition) is 4. The summed E-state index contributed by atoms with van der Waals surface area (Å²) in [5, 5.41) is 14.0. The van der Waals surface area contributed by atoms with Gasteiger partial charge in [0.05, 0.1) is 6.42 Å². The molecule has 0 unspecified atom stereocenters. The Morgan fingerprint density at radius 3 is 2.48 bits per heavy atom. The van der Waals surface area contributed by atoms with Gasteiger partial charge in [-0.3, -0.25) is 9.59 Å². The number of anilines is 1. The minimum atomic E-state index is -4.44. The van der Waals surface area contributed by atoms with Gasteiger partial charge in [0.25, 0.3) is 5.91 Å². The number of carbonyl (C=O) groups is 3. The first-order chi connectivity index (χ1) is 18.7. The van der Waals surface area contributed by atoms with Crippen LogP contribution in [0.2, 0.25) is 0 Å². The van der Waals surface area contributed by atoms with Crippen LogP contribution in [-0.4, -0.2) is 46.5 Å². The van der Waals surface area contributed by atoms with Crippen molar-refractivity contribution in [1.29, 1.82) is 0 Å². The van der Waals surface area contributed by atoms with Gasteiger partial charge in [-0.1, -0.05) is 44.2 Å². The van der Waals surface area contributed by atoms with E-state index in [1.54, 1.807) is 35.2 Å². The van der Waals surface area contributed by atoms with Crippen LogP contribution in [0.5, 0.6) is 0 Å². The van der Waals surface area contributed by atoms with Gasteiger partial charge in [0, 0.05) is 35.8 Å². The van der Waals surface area contributed by atoms with Crippen LogP contribution in [0.1, 0.15) is 55.5 Å². The standard InChI is InChI=1S/C29H34F3N3O4S/c1-19-7-8-21(16-28(19,2)3)18-35(27(39)34-23-5-4-6-24(15-23)40-29(30,31)32)17-20-9-11-22(12-10-20)26(38)33-14-13-25(36)37/h4-6,9-12,15,21H,1,7-8,13-14,16-18H2,2-3H3,(H,33,38)(H,34,39)(H,36,37)/t21-/m0/s1. The summed E-state index contributed by atoms with van der Waals surface area (Å²) in [6.45, 7) is 9.13. The third kappa shape index (κ3) is 9.62. The molecule has 11 heteroatoms. The summed E-state index contributed by atoms with van der Waals surface area (Å²) >= 11 is -0.244. The van der Waals surface area contributed by atoms with Crippen molar-refractivity contribution in [3.05, 3.63) is 71.8 Å². The first kappa shape index (κ1) is 31.1. The van der Waals surface area contributed by atoms with E-state index in [9.17, 15) is 27.6 Å². The molecule has 3 N–H and O–H groups in total. The van der Waals surface area contributed by atoms with E-state index in [1.807, 2.05) is 0 Å². The number of aliphatic carboxylic acids is 1. The van der Waals surface area contributed by atoms with Crippen LogP contribution in [0.15, 0.2) is 65.6 Å². The molecule has 3 rings (SSSR count). The van der Waals surface area contributed by atoms with Crippen molar-refractivity contribution < 1.29 is 32.7 Å². The predicted molar refractivity (Wildman–Crippen MR) is 149 cm³/mol. The predicted octanol–water partition coefficient (Wildman–Crippen LogP) is 6.92. The molecule has 2 aromatic rings. The molecule has 216 valence electrons. The summed E-state index contributed by atoms with van der Waals surface area (Å²) in [7, 11) is 0. The summed E-state index contributed by atoms with van der Waals surface area (Å²) in [4.78, 5) is 38.0. The van der Waals surface area contributed by atoms with Crippen molar-refractivity contribution in [3.63, 3.8) is 0 Å². The van der Waals surface area contributed by atoms with Gasteiger partial charge in [-0.2, -0.15) is 13.2 Å². The van der Waals surface area contributed by atoms with Crippen molar-refractivity contribution in [3.8, 4) is 0 Å². The highest BCUT2D eigenvalue weighted by Crippen LogP contribution is 2.42. The molecule has 3 amide bonds. The van der Waals surface area contributed by atoms with Crippen molar-refractivity contribution in [2.45, 2.75) is 56.5 Å². The summed E-state index contributed by atoms with van der Waals surface area (Å²) < 4.78 is 38.5. The maximum atomic E-state index is 13.4. The van der Waals surface area contributed by atoms with Gasteiger partial charge >= 0.3 is 17.5 Å². The number of nitrogens with one attached hydrogen (secondary N) is 2. The molecule has 7 nitrogen and oxygen atoms in total. The minimum Gasteiger partial charge on any atom is -0.481 e. The summed E-state index contributed by atoms with van der Waals surface area (Å²) in [5.74, 6) is -1.20. The fourth-order valence-electron chi connectivity index (χ4n) is 4.71. The Morgan fingerprint density at radius 2 is 1.85 bits per heavy atom. The summed E-state index contributed by atoms with van der Waals surface area (Å²) in [6.07, 6.45) is 2.40. The van der Waals surface area contributed by atoms with Crippen LogP contribution in [-0.2, 0) is 11.3 Å². The van der Waals surface area contributed by atoms with Crippen LogP contribution >= 0.6 is 11.8 Å². The third-order valence-electron chi connectivity index (χ3n) is 6.91. The molecule has 1 aliphatic carbocycles. The molecule has 0 aromatic heterocycles. The van der Waals surface area contributed by atoms with Gasteiger partial charge in [0.15, 0.2) is 0 Å². The highest BCUT2D eigenvalue weighted by atomic mass is 32.2. The molecule has 0 heterocycles. The average molecular weight is 578 g/mol. The molecule has 1 fully saturated rings. The Hall–Kier alpha value is -3.47. The lowest BCUT2D eigenvalue weighted by Crippen LogP contribution is -2.40. The van der Waals surface area contributed by atoms with Crippen molar-refractivity contribution in [2.75, 3.05) is 18.4 Å². The molecule has 0 spiro atoms. The van der Waals surface area contributed by atoms with Gasteiger partial charge in [0.1, 0.15) is 0 Å². The van der Waals surface area contributed by atoms with Crippen LogP contribution < -0.4 is 10.6 Å². The lowest BCUT2D eigenvalue weighted by Gasteiger charge is -2.39. The second-order valence-electron chi connectivity index (χ2n) is 10.6. The summed E-state index contributed by atoms with van der Waals surface area (Å²) in [6, 6.07) is 11.8. The Bertz CT molecular complexity index is 1230. The quantitative estimate of drug-likeness (QED) is 0.210. The molecule has 1 atom stereocenters. The number of rotatable bonds is 10. The number of halogens is 3. The van der Waals surface area contributed by atoms with Crippen molar-refractivity contribution >= 4 is 35.4 Å². The number of alkyl halides is 3. The molecular formula is C29H34F3N3O4S. The maximum absolute atomic E-state index is 13.4. The molecular weight excluding hydrogens is 543 g/mol. The number of nitrogens with zero attached hydrogens (tertiary/aromatic N) is 1. The number of benzene rings is 2. The molecule has 0 bridgehead atoms. The van der Waals surface area contributed by atoms with E-state index in [-0.39, 0.29) is 53.2 Å². The Balaban J connectivity index is 1.75. The molecule has 1 saturated carbocycles. The monoisotopic (exact) mass is 577 g/mol. The SMILES string of the molecule is C=C1CC[C@H](CN(Cc2ccc(C(=O)NCCC(=O)O)cc2)C(=O)Nc2cccc(SC(F)(F)F)c2)CC1(C)C. The third-order valence-corrected chi connectivity index (χ3v) is 7.63. The number of carbonyl (C=O) groups excluding carboxylic acids is 2. The Morgan fingerprint density at radius 1 is 1.15 bits per heavy atom. The number of amides is 3. The van der Waals surface area contributed by atoms with Crippen LogP contribution in [0, 0.1) is 11.3 Å². The number of allylic oxidation sites excluding steroid dienone is 1. The van der Waals surface area contributed by atoms with Crippen LogP contribution in [0.4, 0.5) is 23.7 Å². The molecule has 0 saturated heterocycles. The molecule has 40 heavy (non-hydrogen) atoms. The molecule has 1 aliphatic rings. The second-order valence-corrected chi connectivity index (χ2v) is 11.7. The molecule has 2 aromatic carbocycles. The number of thioether (sulfide) groups is 1. The normalized spacial score (nSPS) is 16.7. The number of urea groups is 1. The first-order valence-corrected chi connectivity index (χ1v) is 13.7. The van der Waals surface area contributed by atoms with Gasteiger partial charge < -0.3 is 20.6 Å². The van der Waals surface area contributed by atoms with Gasteiger partial charge in [0.2, 0.25) is 0 Å². The van der Waals surface area contributed by atoms with E-state index in [2.05, 4.69) is 31.1 Å². The summed E-state index contributed by atoms with van der Waals surface area (Å²) in [5.41, 5.74) is -1.95. The maximum Gasteiger partial charge on any atom is 0.446 e. The fourth-order valence-corrected chi connectivity index (χ4v) is 5.31. The smallest absolute Gasteiger partial charge is 0.446 e. The van der Waals surface area contributed by atoms with Crippen LogP contribution in [0.25, 0.3) is 0 Å². The van der Waals surface area contributed by atoms with E-state index in [1.165, 1.54) is 23.8 Å². The highest BCUT2D eigenvalue weighted by molar-refractivity contribution is 8.00. The van der Waals surface area contributed by atoms with E-state index < -0.39 is 23.4 Å². The first-order valence-electron chi connectivity index (χ1n) is 12.9.